The number of benzene rings is 1. The maximum atomic E-state index is 16.9. The van der Waals surface area contributed by atoms with Crippen LogP contribution in [0.25, 0.3) is 43.7 Å². The van der Waals surface area contributed by atoms with E-state index in [-0.39, 0.29) is 72.5 Å². The highest BCUT2D eigenvalue weighted by atomic mass is 19.1. The number of carbonyl (C=O) groups excluding carboxylic acids is 2. The normalized spacial score (nSPS) is 14.7. The van der Waals surface area contributed by atoms with E-state index in [0.29, 0.717) is 40.0 Å². The summed E-state index contributed by atoms with van der Waals surface area (Å²) in [5.74, 6) is -1.75. The Kier molecular flexibility index (Phi) is 10.4. The molecule has 53 heavy (non-hydrogen) atoms. The Morgan fingerprint density at radius 3 is 2.64 bits per heavy atom. The van der Waals surface area contributed by atoms with E-state index >= 15 is 9.18 Å². The highest BCUT2D eigenvalue weighted by Gasteiger charge is 2.36. The van der Waals surface area contributed by atoms with Crippen LogP contribution in [-0.4, -0.2) is 106 Å². The lowest BCUT2D eigenvalue weighted by molar-refractivity contribution is -0.128. The van der Waals surface area contributed by atoms with Gasteiger partial charge in [-0.1, -0.05) is 26.5 Å². The number of aryl methyl sites for hydroxylation is 2. The van der Waals surface area contributed by atoms with Gasteiger partial charge in [0.25, 0.3) is 11.5 Å². The minimum absolute atomic E-state index is 0.0178. The molecule has 0 saturated carbocycles. The molecule has 1 atom stereocenters. The summed E-state index contributed by atoms with van der Waals surface area (Å²) in [7, 11) is 3.75. The summed E-state index contributed by atoms with van der Waals surface area (Å²) in [5, 5.41) is 10.9. The van der Waals surface area contributed by atoms with Crippen LogP contribution in [0.3, 0.4) is 0 Å². The number of hydrogen-bond donors (Lipinski definition) is 2. The van der Waals surface area contributed by atoms with Crippen LogP contribution >= 0.6 is 0 Å². The maximum absolute atomic E-state index is 16.9. The number of anilines is 1. The van der Waals surface area contributed by atoms with Gasteiger partial charge in [0, 0.05) is 55.3 Å². The van der Waals surface area contributed by atoms with Crippen molar-refractivity contribution in [2.45, 2.75) is 39.7 Å². The fourth-order valence-corrected chi connectivity index (χ4v) is 7.12. The molecule has 1 aliphatic heterocycles. The van der Waals surface area contributed by atoms with Crippen molar-refractivity contribution < 1.29 is 14.0 Å². The quantitative estimate of drug-likeness (QED) is 0.158. The summed E-state index contributed by atoms with van der Waals surface area (Å²) in [6, 6.07) is 6.25. The van der Waals surface area contributed by atoms with Crippen molar-refractivity contribution in [3.63, 3.8) is 0 Å². The van der Waals surface area contributed by atoms with E-state index in [2.05, 4.69) is 31.9 Å². The Balaban J connectivity index is 1.74. The number of carbonyl (C=O) groups is 2. The third kappa shape index (κ3) is 6.75. The van der Waals surface area contributed by atoms with Crippen LogP contribution in [-0.2, 0) is 4.79 Å². The van der Waals surface area contributed by atoms with E-state index in [1.54, 1.807) is 28.3 Å². The maximum Gasteiger partial charge on any atom is 0.271 e. The third-order valence-electron chi connectivity index (χ3n) is 9.70. The Bertz CT molecular complexity index is 2360. The molecule has 6 rings (SSSR count). The lowest BCUT2D eigenvalue weighted by atomic mass is 9.98. The molecule has 2 N–H and O–H groups in total. The molecule has 1 fully saturated rings. The zero-order valence-electron chi connectivity index (χ0n) is 30.8. The Morgan fingerprint density at radius 2 is 1.94 bits per heavy atom. The van der Waals surface area contributed by atoms with Crippen molar-refractivity contribution in [1.29, 1.82) is 0 Å². The Hall–Kier alpha value is -5.94. The summed E-state index contributed by atoms with van der Waals surface area (Å²) in [6.45, 7) is 20.1. The molecule has 5 heterocycles. The number of rotatable bonds is 10. The zero-order valence-corrected chi connectivity index (χ0v) is 30.8. The lowest BCUT2D eigenvalue weighted by Crippen LogP contribution is -2.56. The van der Waals surface area contributed by atoms with Gasteiger partial charge in [-0.15, -0.1) is 0 Å². The highest BCUT2D eigenvalue weighted by molar-refractivity contribution is 6.08. The van der Waals surface area contributed by atoms with Crippen molar-refractivity contribution in [1.82, 2.24) is 39.8 Å². The van der Waals surface area contributed by atoms with Crippen LogP contribution in [0.2, 0.25) is 0 Å². The molecule has 0 spiro atoms. The summed E-state index contributed by atoms with van der Waals surface area (Å²) in [4.78, 5) is 61.0. The first-order valence-electron chi connectivity index (χ1n) is 17.5. The van der Waals surface area contributed by atoms with Crippen molar-refractivity contribution in [2.75, 3.05) is 58.3 Å². The highest BCUT2D eigenvalue weighted by Crippen LogP contribution is 2.38. The summed E-state index contributed by atoms with van der Waals surface area (Å²) in [5.41, 5.74) is 3.24. The smallest absolute Gasteiger partial charge is 0.271 e. The molecule has 5 aromatic rings. The number of fused-ring (bicyclic) bond motifs is 2. The van der Waals surface area contributed by atoms with E-state index in [1.165, 1.54) is 16.7 Å². The predicted octanol–water partition coefficient (Wildman–Crippen LogP) is 4.62. The van der Waals surface area contributed by atoms with Crippen LogP contribution in [0.15, 0.2) is 54.1 Å². The van der Waals surface area contributed by atoms with Gasteiger partial charge in [0.2, 0.25) is 12.5 Å². The van der Waals surface area contributed by atoms with Gasteiger partial charge in [-0.2, -0.15) is 5.10 Å². The first-order valence-corrected chi connectivity index (χ1v) is 17.5. The number of amides is 2. The first-order chi connectivity index (χ1) is 25.4. The number of hydrogen-bond acceptors (Lipinski definition) is 8. The molecular weight excluding hydrogens is 675 g/mol. The minimum atomic E-state index is -0.662. The van der Waals surface area contributed by atoms with Gasteiger partial charge in [-0.3, -0.25) is 29.0 Å². The van der Waals surface area contributed by atoms with Gasteiger partial charge in [0.15, 0.2) is 5.65 Å². The number of aromatic amines is 1. The summed E-state index contributed by atoms with van der Waals surface area (Å²) in [6.07, 6.45) is 4.50. The molecule has 13 nitrogen and oxygen atoms in total. The summed E-state index contributed by atoms with van der Waals surface area (Å²) < 4.78 is 18.3. The second-order valence-electron chi connectivity index (χ2n) is 13.9. The Morgan fingerprint density at radius 1 is 1.17 bits per heavy atom. The number of nitrogens with one attached hydrogen (secondary N) is 2. The standard InChI is InChI=1S/C39H43FN10O3/c1-9-30(51)49-17-16-48(21-25(49)19-41-6)36-26-18-28(40)34(31-23(4)10-11-29-27(31)20-44-46-29)45-37(26)50(35-24(5)12-13-42-33(35)22(2)3)39(53)32(36)38(52)43-14-15-47(7)8/h9-13,18,20,22,25H,1,14-17,19,21H2,2-5,7-8H3,(H,43,52)(H,44,46)/t25-/m0/s1. The summed E-state index contributed by atoms with van der Waals surface area (Å²) >= 11 is 0. The van der Waals surface area contributed by atoms with Crippen LogP contribution in [0, 0.1) is 26.2 Å². The van der Waals surface area contributed by atoms with Gasteiger partial charge in [-0.05, 0) is 69.3 Å². The Labute approximate surface area is 306 Å². The molecule has 4 aromatic heterocycles. The average molecular weight is 719 g/mol. The largest absolute Gasteiger partial charge is 0.366 e. The molecule has 1 saturated heterocycles. The van der Waals surface area contributed by atoms with E-state index in [1.807, 2.05) is 58.8 Å². The van der Waals surface area contributed by atoms with Crippen LogP contribution in [0.1, 0.15) is 46.9 Å². The fraction of sp³-hybridized carbons (Fsp3) is 0.359. The molecule has 0 aliphatic carbocycles. The van der Waals surface area contributed by atoms with Crippen molar-refractivity contribution in [2.24, 2.45) is 0 Å². The van der Waals surface area contributed by atoms with Crippen LogP contribution < -0.4 is 15.8 Å². The number of halogens is 1. The SMILES string of the molecule is [C-]#[N+]C[C@H]1CN(c2c(C(=O)NCCN(C)C)c(=O)n(-c3c(C)ccnc3C(C)C)c3nc(-c4c(C)ccc5[nH]ncc45)c(F)cc23)CCN1C(=O)C=C. The van der Waals surface area contributed by atoms with E-state index in [9.17, 15) is 9.59 Å². The van der Waals surface area contributed by atoms with Crippen molar-refractivity contribution in [3.05, 3.63) is 99.3 Å². The van der Waals surface area contributed by atoms with Crippen LogP contribution in [0.4, 0.5) is 10.1 Å². The molecule has 1 aliphatic rings. The topological polar surface area (TPSA) is 137 Å². The van der Waals surface area contributed by atoms with Gasteiger partial charge in [0.1, 0.15) is 23.1 Å². The van der Waals surface area contributed by atoms with Crippen molar-refractivity contribution >= 4 is 39.4 Å². The van der Waals surface area contributed by atoms with Gasteiger partial charge < -0.3 is 24.9 Å². The van der Waals surface area contributed by atoms with Gasteiger partial charge in [0.05, 0.1) is 28.8 Å². The van der Waals surface area contributed by atoms with Crippen LogP contribution in [0.5, 0.6) is 0 Å². The minimum Gasteiger partial charge on any atom is -0.366 e. The van der Waals surface area contributed by atoms with E-state index < -0.39 is 23.3 Å². The monoisotopic (exact) mass is 718 g/mol. The number of piperazine rings is 1. The number of nitrogens with zero attached hydrogens (tertiary/aromatic N) is 8. The molecule has 14 heteroatoms. The van der Waals surface area contributed by atoms with Gasteiger partial charge in [-0.25, -0.2) is 15.9 Å². The number of pyridine rings is 3. The number of likely N-dealkylation sites (N-methyl/N-ethyl adjacent to an activating group) is 1. The third-order valence-corrected chi connectivity index (χ3v) is 9.70. The fourth-order valence-electron chi connectivity index (χ4n) is 7.12. The molecular formula is C39H43FN10O3. The zero-order chi connectivity index (χ0) is 38.1. The van der Waals surface area contributed by atoms with Crippen molar-refractivity contribution in [3.8, 4) is 16.9 Å². The number of H-pyrrole nitrogens is 1. The molecule has 274 valence electrons. The first kappa shape index (κ1) is 36.8. The molecule has 0 bridgehead atoms. The molecule has 2 amide bonds. The van der Waals surface area contributed by atoms with Gasteiger partial charge >= 0.3 is 0 Å². The second kappa shape index (κ2) is 15.0. The second-order valence-corrected chi connectivity index (χ2v) is 13.9. The average Bonchev–Trinajstić information content (AvgIpc) is 3.60. The molecule has 1 aromatic carbocycles. The van der Waals surface area contributed by atoms with E-state index in [0.717, 1.165) is 5.56 Å². The molecule has 0 unspecified atom stereocenters. The lowest BCUT2D eigenvalue weighted by Gasteiger charge is -2.41. The van der Waals surface area contributed by atoms with E-state index in [4.69, 9.17) is 11.6 Å². The molecule has 0 radical (unpaired) electrons. The number of aromatic nitrogens is 5. The predicted molar refractivity (Wildman–Crippen MR) is 204 cm³/mol.